The topological polar surface area (TPSA) is 95.1 Å². The Balaban J connectivity index is 2.59. The normalized spacial score (nSPS) is 13.0. The second kappa shape index (κ2) is 4.40. The lowest BCUT2D eigenvalue weighted by molar-refractivity contribution is -0.141. The highest BCUT2D eigenvalue weighted by atomic mass is 16.4. The Morgan fingerprint density at radius 1 is 1.86 bits per heavy atom. The van der Waals surface area contributed by atoms with Crippen molar-refractivity contribution in [3.05, 3.63) is 18.2 Å². The molecule has 0 aromatic carbocycles. The highest BCUT2D eigenvalue weighted by molar-refractivity contribution is 5.82. The lowest BCUT2D eigenvalue weighted by Crippen LogP contribution is -2.41. The highest BCUT2D eigenvalue weighted by Crippen LogP contribution is 1.98. The second-order valence-electron chi connectivity index (χ2n) is 2.72. The molecule has 1 aromatic heterocycles. The van der Waals surface area contributed by atoms with Crippen LogP contribution in [0.3, 0.4) is 0 Å². The number of aromatic nitrogens is 2. The molecule has 0 fully saturated rings. The van der Waals surface area contributed by atoms with Crippen LogP contribution in [0.4, 0.5) is 0 Å². The quantitative estimate of drug-likeness (QED) is 0.610. The molecule has 6 heteroatoms. The van der Waals surface area contributed by atoms with Crippen LogP contribution in [0, 0.1) is 0 Å². The molecule has 0 aliphatic rings. The van der Waals surface area contributed by atoms with Crippen molar-refractivity contribution in [1.29, 1.82) is 0 Å². The fourth-order valence-corrected chi connectivity index (χ4v) is 1.01. The van der Waals surface area contributed by atoms with Gasteiger partial charge in [0, 0.05) is 20.9 Å². The molecule has 0 unspecified atom stereocenters. The molecule has 0 saturated carbocycles. The number of hydrogen-bond acceptors (Lipinski definition) is 3. The molecule has 0 radical (unpaired) electrons. The highest BCUT2D eigenvalue weighted by Gasteiger charge is 2.19. The van der Waals surface area contributed by atoms with Gasteiger partial charge >= 0.3 is 5.97 Å². The Hall–Kier alpha value is -1.85. The second-order valence-corrected chi connectivity index (χ2v) is 2.72. The van der Waals surface area contributed by atoms with E-state index in [0.29, 0.717) is 5.69 Å². The number of hydrogen-bond donors (Lipinski definition) is 3. The van der Waals surface area contributed by atoms with Crippen molar-refractivity contribution >= 4 is 11.9 Å². The molecule has 0 saturated heterocycles. The summed E-state index contributed by atoms with van der Waals surface area (Å²) in [7, 11) is 0. The van der Waals surface area contributed by atoms with Crippen molar-refractivity contribution in [2.75, 3.05) is 0 Å². The number of imidazole rings is 1. The molecule has 1 amide bonds. The third kappa shape index (κ3) is 2.89. The van der Waals surface area contributed by atoms with Crippen molar-refractivity contribution in [2.24, 2.45) is 0 Å². The Morgan fingerprint density at radius 2 is 2.64 bits per heavy atom. The first-order valence-corrected chi connectivity index (χ1v) is 3.92. The Labute approximate surface area is 81.8 Å². The molecular weight excluding hydrogens is 186 g/mol. The molecule has 6 nitrogen and oxygen atoms in total. The number of aliphatic carboxylic acids is 1. The van der Waals surface area contributed by atoms with E-state index in [-0.39, 0.29) is 6.42 Å². The number of aromatic amines is 1. The lowest BCUT2D eigenvalue weighted by Gasteiger charge is -2.10. The molecule has 3 N–H and O–H groups in total. The zero-order valence-corrected chi connectivity index (χ0v) is 7.36. The van der Waals surface area contributed by atoms with E-state index >= 15 is 0 Å². The van der Waals surface area contributed by atoms with Gasteiger partial charge in [0.15, 0.2) is 0 Å². The van der Waals surface area contributed by atoms with Gasteiger partial charge in [-0.25, -0.2) is 9.78 Å². The van der Waals surface area contributed by atoms with Crippen LogP contribution in [0.5, 0.6) is 0 Å². The van der Waals surface area contributed by atoms with Gasteiger partial charge in [0.25, 0.3) is 0 Å². The number of H-pyrrole nitrogens is 1. The number of carboxylic acid groups (broad SMARTS) is 1. The van der Waals surface area contributed by atoms with Crippen molar-refractivity contribution < 1.29 is 16.1 Å². The van der Waals surface area contributed by atoms with Crippen LogP contribution >= 0.6 is 0 Å². The van der Waals surface area contributed by atoms with Gasteiger partial charge < -0.3 is 15.4 Å². The molecule has 14 heavy (non-hydrogen) atoms. The van der Waals surface area contributed by atoms with E-state index in [1.807, 2.05) is 0 Å². The maximum atomic E-state index is 10.9. The number of carbonyl (C=O) groups excluding carboxylic acids is 1. The number of amides is 1. The lowest BCUT2D eigenvalue weighted by atomic mass is 10.1. The first kappa shape index (κ1) is 8.74. The summed E-state index contributed by atoms with van der Waals surface area (Å²) in [6.45, 7) is -0.482. The summed E-state index contributed by atoms with van der Waals surface area (Å²) >= 11 is 0. The van der Waals surface area contributed by atoms with Gasteiger partial charge in [-0.05, 0) is 0 Å². The smallest absolute Gasteiger partial charge is 0.326 e. The summed E-state index contributed by atoms with van der Waals surface area (Å²) in [5.41, 5.74) is 0.549. The van der Waals surface area contributed by atoms with E-state index in [1.165, 1.54) is 6.33 Å². The predicted octanol–water partition coefficient (Wildman–Crippen LogP) is -0.459. The minimum Gasteiger partial charge on any atom is -0.480 e. The van der Waals surface area contributed by atoms with E-state index in [2.05, 4.69) is 15.3 Å². The predicted molar refractivity (Wildman–Crippen MR) is 47.5 cm³/mol. The van der Waals surface area contributed by atoms with E-state index in [4.69, 9.17) is 6.48 Å². The van der Waals surface area contributed by atoms with Crippen LogP contribution < -0.4 is 5.32 Å². The average Bonchev–Trinajstić information content (AvgIpc) is 2.69. The third-order valence-corrected chi connectivity index (χ3v) is 1.60. The zero-order chi connectivity index (χ0) is 11.3. The van der Waals surface area contributed by atoms with Crippen molar-refractivity contribution in [3.63, 3.8) is 0 Å². The van der Waals surface area contributed by atoms with Crippen molar-refractivity contribution in [1.82, 2.24) is 15.3 Å². The fourth-order valence-electron chi connectivity index (χ4n) is 1.01. The number of carboxylic acids is 1. The molecule has 1 atom stereocenters. The summed E-state index contributed by atoms with van der Waals surface area (Å²) in [5, 5.41) is 11.0. The number of rotatable bonds is 4. The average molecular weight is 198 g/mol. The van der Waals surface area contributed by atoms with Crippen LogP contribution in [0.2, 0.25) is 0 Å². The standard InChI is InChI=1S/C8H11N3O3/c1-5(12)11-7(8(13)14)2-6-3-9-4-10-6/h3-4,7H,2H2,1H3,(H,9,10)(H,11,12)(H,13,14)/t7-/m0/s1/i1D. The van der Waals surface area contributed by atoms with Crippen molar-refractivity contribution in [2.45, 2.75) is 19.4 Å². The Kier molecular flexibility index (Phi) is 2.75. The molecule has 0 aliphatic heterocycles. The Morgan fingerprint density at radius 3 is 3.14 bits per heavy atom. The maximum Gasteiger partial charge on any atom is 0.326 e. The minimum absolute atomic E-state index is 0.102. The zero-order valence-electron chi connectivity index (χ0n) is 8.36. The van der Waals surface area contributed by atoms with Gasteiger partial charge in [0.1, 0.15) is 6.04 Å². The molecule has 0 bridgehead atoms. The van der Waals surface area contributed by atoms with Crippen LogP contribution in [0.15, 0.2) is 12.5 Å². The molecule has 76 valence electrons. The van der Waals surface area contributed by atoms with Crippen LogP contribution in [0.25, 0.3) is 0 Å². The fraction of sp³-hybridized carbons (Fsp3) is 0.375. The Bertz CT molecular complexity index is 339. The monoisotopic (exact) mass is 198 g/mol. The van der Waals surface area contributed by atoms with Gasteiger partial charge in [0.2, 0.25) is 5.91 Å². The minimum atomic E-state index is -1.14. The summed E-state index contributed by atoms with van der Waals surface area (Å²) in [5.74, 6) is -1.75. The van der Waals surface area contributed by atoms with Gasteiger partial charge in [-0.1, -0.05) is 0 Å². The first-order valence-electron chi connectivity index (χ1n) is 4.63. The number of nitrogens with one attached hydrogen (secondary N) is 2. The van der Waals surface area contributed by atoms with Gasteiger partial charge in [-0.2, -0.15) is 0 Å². The molecular formula is C8H11N3O3. The van der Waals surface area contributed by atoms with E-state index < -0.39 is 24.8 Å². The van der Waals surface area contributed by atoms with Crippen LogP contribution in [0.1, 0.15) is 14.0 Å². The molecule has 1 heterocycles. The molecule has 0 aliphatic carbocycles. The SMILES string of the molecule is [2H]CC(=O)N[C@@H](Cc1c[nH]cn1)C(=O)O. The third-order valence-electron chi connectivity index (χ3n) is 1.60. The van der Waals surface area contributed by atoms with E-state index in [0.717, 1.165) is 0 Å². The maximum absolute atomic E-state index is 10.9. The summed E-state index contributed by atoms with van der Waals surface area (Å²) < 4.78 is 6.77. The largest absolute Gasteiger partial charge is 0.480 e. The van der Waals surface area contributed by atoms with Crippen molar-refractivity contribution in [3.8, 4) is 0 Å². The van der Waals surface area contributed by atoms with E-state index in [9.17, 15) is 9.59 Å². The van der Waals surface area contributed by atoms with Gasteiger partial charge in [-0.15, -0.1) is 0 Å². The molecule has 0 spiro atoms. The number of carbonyl (C=O) groups is 2. The summed E-state index contributed by atoms with van der Waals surface area (Å²) in [6, 6.07) is -1.04. The van der Waals surface area contributed by atoms with Crippen LogP contribution in [-0.2, 0) is 16.0 Å². The summed E-state index contributed by atoms with van der Waals surface area (Å²) in [6.07, 6.45) is 3.09. The number of nitrogens with zero attached hydrogens (tertiary/aromatic N) is 1. The first-order chi connectivity index (χ1) is 7.13. The summed E-state index contributed by atoms with van der Waals surface area (Å²) in [4.78, 5) is 28.2. The molecule has 1 rings (SSSR count). The molecule has 1 aromatic rings. The van der Waals surface area contributed by atoms with E-state index in [1.54, 1.807) is 6.20 Å². The van der Waals surface area contributed by atoms with Gasteiger partial charge in [-0.3, -0.25) is 4.79 Å². The van der Waals surface area contributed by atoms with Crippen LogP contribution in [-0.4, -0.2) is 33.0 Å². The van der Waals surface area contributed by atoms with Gasteiger partial charge in [0.05, 0.1) is 12.0 Å².